The number of halogens is 2. The van der Waals surface area contributed by atoms with E-state index in [1.807, 2.05) is 0 Å². The summed E-state index contributed by atoms with van der Waals surface area (Å²) in [5.74, 6) is 0. The van der Waals surface area contributed by atoms with Gasteiger partial charge in [0, 0.05) is 58.8 Å². The van der Waals surface area contributed by atoms with Crippen LogP contribution in [0, 0.1) is 7.43 Å². The maximum Gasteiger partial charge on any atom is 0.116 e. The molecule has 0 spiro atoms. The fourth-order valence-electron chi connectivity index (χ4n) is 0. The second-order valence-corrected chi connectivity index (χ2v) is 0. The van der Waals surface area contributed by atoms with E-state index < -0.39 is 0 Å². The van der Waals surface area contributed by atoms with Crippen LogP contribution >= 0.6 is 12.0 Å². The molecule has 0 N–H and O–H groups in total. The van der Waals surface area contributed by atoms with Gasteiger partial charge in [0.25, 0.3) is 0 Å². The van der Waals surface area contributed by atoms with Crippen molar-refractivity contribution in [1.29, 1.82) is 0 Å². The Balaban J connectivity index is -0.00000000500. The van der Waals surface area contributed by atoms with E-state index in [2.05, 4.69) is 12.0 Å². The molecule has 4 heavy (non-hydrogen) atoms. The first-order valence-corrected chi connectivity index (χ1v) is 0.429. The molecular formula is CClFK. The Morgan fingerprint density at radius 1 is 1.25 bits per heavy atom. The van der Waals surface area contributed by atoms with E-state index in [0.717, 1.165) is 0 Å². The van der Waals surface area contributed by atoms with Crippen LogP contribution in [-0.4, -0.2) is 51.4 Å². The maximum absolute atomic E-state index is 8.97. The van der Waals surface area contributed by atoms with Crippen molar-refractivity contribution >= 4 is 63.3 Å². The monoisotopic (exact) mass is 105 g/mol. The number of rotatable bonds is 0. The third-order valence-electron chi connectivity index (χ3n) is 0. The molecule has 0 aromatic heterocycles. The molecular weight excluding hydrogens is 106 g/mol. The summed E-state index contributed by atoms with van der Waals surface area (Å²) in [6, 6.07) is 0. The molecule has 3 heteroatoms. The third-order valence-corrected chi connectivity index (χ3v) is 0. The van der Waals surface area contributed by atoms with Gasteiger partial charge in [0.1, 0.15) is 12.0 Å². The molecule has 5 radical (unpaired) electrons. The summed E-state index contributed by atoms with van der Waals surface area (Å²) >= 11 is 3.14. The molecule has 0 aliphatic heterocycles. The van der Waals surface area contributed by atoms with Crippen LogP contribution in [0.1, 0.15) is 0 Å². The topological polar surface area (TPSA) is 0 Å². The van der Waals surface area contributed by atoms with E-state index in [-0.39, 0.29) is 58.8 Å². The van der Waals surface area contributed by atoms with Crippen molar-refractivity contribution in [3.05, 3.63) is 7.43 Å². The molecule has 0 aliphatic rings. The van der Waals surface area contributed by atoms with Crippen LogP contribution in [0.3, 0.4) is 0 Å². The van der Waals surface area contributed by atoms with Gasteiger partial charge in [-0.05, 0) is 0 Å². The van der Waals surface area contributed by atoms with Gasteiger partial charge in [0.05, 0.1) is 0 Å². The average molecular weight is 106 g/mol. The first-order chi connectivity index (χ1) is 1.00. The van der Waals surface area contributed by atoms with E-state index in [0.29, 0.717) is 0 Å². The van der Waals surface area contributed by atoms with Crippen molar-refractivity contribution in [1.82, 2.24) is 0 Å². The average Bonchev–Trinajstić information content (AvgIpc) is 1.00. The molecule has 0 aliphatic carbocycles. The Morgan fingerprint density at radius 2 is 1.25 bits per heavy atom. The Bertz CT molecular complexity index is 8.00. The van der Waals surface area contributed by atoms with Crippen LogP contribution in [0.4, 0.5) is 3.98 Å². The van der Waals surface area contributed by atoms with E-state index in [9.17, 15) is 0 Å². The van der Waals surface area contributed by atoms with Crippen LogP contribution in [0.15, 0.2) is 0 Å². The van der Waals surface area contributed by atoms with Crippen molar-refractivity contribution < 1.29 is 3.98 Å². The maximum atomic E-state index is 8.97. The zero-order valence-corrected chi connectivity index (χ0v) is 6.13. The molecule has 0 aromatic rings. The minimum absolute atomic E-state index is 0. The molecule has 0 bridgehead atoms. The molecule has 0 atom stereocenters. The minimum Gasteiger partial charge on any atom is -0.116 e. The van der Waals surface area contributed by atoms with Crippen LogP contribution in [-0.2, 0) is 0 Å². The van der Waals surface area contributed by atoms with Crippen LogP contribution < -0.4 is 0 Å². The van der Waals surface area contributed by atoms with Crippen LogP contribution in [0.25, 0.3) is 0 Å². The smallest absolute Gasteiger partial charge is 0.116 e. The summed E-state index contributed by atoms with van der Waals surface area (Å²) in [5.41, 5.74) is 0. The van der Waals surface area contributed by atoms with Gasteiger partial charge < -0.3 is 0 Å². The van der Waals surface area contributed by atoms with Gasteiger partial charge in [-0.15, -0.1) is 3.98 Å². The SMILES string of the molecule is FCl.[C].[K]. The van der Waals surface area contributed by atoms with Gasteiger partial charge in [-0.3, -0.25) is 0 Å². The number of hydrogen-bond donors (Lipinski definition) is 0. The summed E-state index contributed by atoms with van der Waals surface area (Å²) in [4.78, 5) is 0. The molecule has 0 unspecified atom stereocenters. The zero-order valence-electron chi connectivity index (χ0n) is 2.26. The summed E-state index contributed by atoms with van der Waals surface area (Å²) in [5, 5.41) is 0. The fraction of sp³-hybridized carbons (Fsp3) is 0. The van der Waals surface area contributed by atoms with Gasteiger partial charge in [0.15, 0.2) is 0 Å². The number of hydrogen-bond acceptors (Lipinski definition) is 0. The molecule has 0 amide bonds. The Kier molecular flexibility index (Phi) is 88.7. The summed E-state index contributed by atoms with van der Waals surface area (Å²) < 4.78 is 8.97. The quantitative estimate of drug-likeness (QED) is 0.400. The van der Waals surface area contributed by atoms with Gasteiger partial charge >= 0.3 is 0 Å². The van der Waals surface area contributed by atoms with Crippen molar-refractivity contribution in [2.75, 3.05) is 0 Å². The molecule has 0 heterocycles. The predicted molar refractivity (Wildman–Crippen MR) is 16.0 cm³/mol. The van der Waals surface area contributed by atoms with E-state index >= 15 is 0 Å². The van der Waals surface area contributed by atoms with Crippen LogP contribution in [0.2, 0.25) is 0 Å². The van der Waals surface area contributed by atoms with Crippen molar-refractivity contribution in [3.63, 3.8) is 0 Å². The fourth-order valence-corrected chi connectivity index (χ4v) is 0. The molecule has 0 nitrogen and oxygen atoms in total. The van der Waals surface area contributed by atoms with Gasteiger partial charge in [-0.2, -0.15) is 0 Å². The van der Waals surface area contributed by atoms with E-state index in [4.69, 9.17) is 3.98 Å². The van der Waals surface area contributed by atoms with Gasteiger partial charge in [0.2, 0.25) is 0 Å². The first kappa shape index (κ1) is 16.9. The Labute approximate surface area is 73.4 Å². The largest absolute Gasteiger partial charge is 0.116 e. The summed E-state index contributed by atoms with van der Waals surface area (Å²) in [6.45, 7) is 0. The molecule has 19 valence electrons. The van der Waals surface area contributed by atoms with Crippen molar-refractivity contribution in [3.8, 4) is 0 Å². The second kappa shape index (κ2) is 21.0. The molecule has 0 saturated carbocycles. The van der Waals surface area contributed by atoms with E-state index in [1.54, 1.807) is 0 Å². The zero-order chi connectivity index (χ0) is 2.00. The molecule has 0 aromatic carbocycles. The van der Waals surface area contributed by atoms with E-state index in [1.165, 1.54) is 0 Å². The van der Waals surface area contributed by atoms with Gasteiger partial charge in [-0.25, -0.2) is 0 Å². The Morgan fingerprint density at radius 3 is 1.25 bits per heavy atom. The Hall–Kier alpha value is 1.86. The predicted octanol–water partition coefficient (Wildman–Crippen LogP) is 0.810. The van der Waals surface area contributed by atoms with Crippen LogP contribution in [0.5, 0.6) is 0 Å². The minimum atomic E-state index is 0. The molecule has 0 rings (SSSR count). The van der Waals surface area contributed by atoms with Crippen molar-refractivity contribution in [2.24, 2.45) is 0 Å². The standard InChI is InChI=1S/C.ClF.K/c;1-2;. The van der Waals surface area contributed by atoms with Crippen molar-refractivity contribution in [2.45, 2.75) is 0 Å². The second-order valence-electron chi connectivity index (χ2n) is 0. The summed E-state index contributed by atoms with van der Waals surface area (Å²) in [7, 11) is 0. The molecule has 0 saturated heterocycles. The van der Waals surface area contributed by atoms with Gasteiger partial charge in [-0.1, -0.05) is 0 Å². The normalized spacial score (nSPS) is 1.50. The molecule has 0 fully saturated rings. The summed E-state index contributed by atoms with van der Waals surface area (Å²) in [6.07, 6.45) is 0. The first-order valence-electron chi connectivity index (χ1n) is 0.143. The third kappa shape index (κ3) is 9.13.